The van der Waals surface area contributed by atoms with Crippen molar-refractivity contribution in [1.82, 2.24) is 10.2 Å². The van der Waals surface area contributed by atoms with E-state index in [0.717, 1.165) is 44.2 Å². The van der Waals surface area contributed by atoms with Crippen molar-refractivity contribution in [1.29, 1.82) is 0 Å². The predicted octanol–water partition coefficient (Wildman–Crippen LogP) is 3.15. The summed E-state index contributed by atoms with van der Waals surface area (Å²) >= 11 is 0. The summed E-state index contributed by atoms with van der Waals surface area (Å²) in [6.07, 6.45) is 5.36. The van der Waals surface area contributed by atoms with Crippen molar-refractivity contribution >= 4 is 0 Å². The normalized spacial score (nSPS) is 27.0. The number of nitrogens with zero attached hydrogens (tertiary/aromatic N) is 1. The second kappa shape index (κ2) is 7.94. The summed E-state index contributed by atoms with van der Waals surface area (Å²) in [4.78, 5) is 2.76. The molecule has 0 aromatic carbocycles. The zero-order valence-corrected chi connectivity index (χ0v) is 14.7. The third-order valence-electron chi connectivity index (χ3n) is 4.66. The molecule has 2 fully saturated rings. The van der Waals surface area contributed by atoms with Crippen LogP contribution in [0.2, 0.25) is 0 Å². The predicted molar refractivity (Wildman–Crippen MR) is 89.6 cm³/mol. The molecule has 3 nitrogen and oxygen atoms in total. The Morgan fingerprint density at radius 1 is 1.19 bits per heavy atom. The molecule has 0 spiro atoms. The Labute approximate surface area is 131 Å². The molecule has 2 rings (SSSR count). The minimum atomic E-state index is 0.338. The molecule has 1 unspecified atom stereocenters. The van der Waals surface area contributed by atoms with E-state index in [9.17, 15) is 0 Å². The lowest BCUT2D eigenvalue weighted by Crippen LogP contribution is -2.50. The van der Waals surface area contributed by atoms with E-state index in [2.05, 4.69) is 37.9 Å². The average Bonchev–Trinajstić information content (AvgIpc) is 3.22. The van der Waals surface area contributed by atoms with E-state index in [1.807, 2.05) is 0 Å². The Kier molecular flexibility index (Phi) is 6.51. The number of rotatable bonds is 9. The minimum Gasteiger partial charge on any atom is -0.381 e. The summed E-state index contributed by atoms with van der Waals surface area (Å²) in [5.41, 5.74) is 0.338. The molecule has 0 radical (unpaired) electrons. The van der Waals surface area contributed by atoms with Crippen molar-refractivity contribution in [3.8, 4) is 0 Å². The van der Waals surface area contributed by atoms with E-state index < -0.39 is 0 Å². The molecule has 1 heterocycles. The van der Waals surface area contributed by atoms with Gasteiger partial charge in [0.1, 0.15) is 0 Å². The highest BCUT2D eigenvalue weighted by Crippen LogP contribution is 2.35. The first-order valence-corrected chi connectivity index (χ1v) is 9.03. The molecule has 0 amide bonds. The molecule has 1 saturated heterocycles. The van der Waals surface area contributed by atoms with Crippen LogP contribution >= 0.6 is 0 Å². The zero-order valence-electron chi connectivity index (χ0n) is 14.7. The Morgan fingerprint density at radius 2 is 1.95 bits per heavy atom. The van der Waals surface area contributed by atoms with E-state index in [0.29, 0.717) is 5.41 Å². The van der Waals surface area contributed by atoms with Crippen LogP contribution in [0.5, 0.6) is 0 Å². The summed E-state index contributed by atoms with van der Waals surface area (Å²) in [6, 6.07) is 0.858. The van der Waals surface area contributed by atoms with Crippen molar-refractivity contribution in [2.75, 3.05) is 39.4 Å². The Hall–Kier alpha value is -0.120. The van der Waals surface area contributed by atoms with Crippen molar-refractivity contribution in [2.24, 2.45) is 17.3 Å². The summed E-state index contributed by atoms with van der Waals surface area (Å²) in [6.45, 7) is 15.9. The van der Waals surface area contributed by atoms with Crippen LogP contribution in [0.4, 0.5) is 0 Å². The largest absolute Gasteiger partial charge is 0.381 e. The van der Waals surface area contributed by atoms with Crippen molar-refractivity contribution in [3.05, 3.63) is 0 Å². The van der Waals surface area contributed by atoms with Gasteiger partial charge in [0.15, 0.2) is 0 Å². The maximum Gasteiger partial charge on any atom is 0.0546 e. The van der Waals surface area contributed by atoms with Crippen LogP contribution in [-0.2, 0) is 4.74 Å². The maximum atomic E-state index is 5.88. The van der Waals surface area contributed by atoms with Crippen molar-refractivity contribution in [3.63, 3.8) is 0 Å². The molecule has 1 atom stereocenters. The average molecular weight is 296 g/mol. The molecule has 0 bridgehead atoms. The molecule has 1 aliphatic heterocycles. The molecule has 0 aromatic rings. The smallest absolute Gasteiger partial charge is 0.0546 e. The second-order valence-electron chi connectivity index (χ2n) is 8.24. The maximum absolute atomic E-state index is 5.88. The van der Waals surface area contributed by atoms with Gasteiger partial charge < -0.3 is 10.1 Å². The van der Waals surface area contributed by atoms with Gasteiger partial charge in [-0.2, -0.15) is 0 Å². The third kappa shape index (κ3) is 5.88. The minimum absolute atomic E-state index is 0.338. The van der Waals surface area contributed by atoms with Crippen LogP contribution in [0.3, 0.4) is 0 Å². The molecule has 124 valence electrons. The van der Waals surface area contributed by atoms with Gasteiger partial charge in [0.25, 0.3) is 0 Å². The lowest BCUT2D eigenvalue weighted by molar-refractivity contribution is -0.0293. The van der Waals surface area contributed by atoms with Gasteiger partial charge in [-0.25, -0.2) is 0 Å². The van der Waals surface area contributed by atoms with E-state index in [1.54, 1.807) is 0 Å². The van der Waals surface area contributed by atoms with Gasteiger partial charge in [0, 0.05) is 37.7 Å². The van der Waals surface area contributed by atoms with E-state index >= 15 is 0 Å². The number of nitrogens with one attached hydrogen (secondary N) is 1. The van der Waals surface area contributed by atoms with E-state index in [-0.39, 0.29) is 0 Å². The molecular weight excluding hydrogens is 260 g/mol. The summed E-state index contributed by atoms with van der Waals surface area (Å²) < 4.78 is 5.88. The van der Waals surface area contributed by atoms with Gasteiger partial charge >= 0.3 is 0 Å². The summed E-state index contributed by atoms with van der Waals surface area (Å²) in [7, 11) is 0. The first-order valence-electron chi connectivity index (χ1n) is 9.03. The molecule has 1 N–H and O–H groups in total. The molecule has 3 heteroatoms. The quantitative estimate of drug-likeness (QED) is 0.707. The highest BCUT2D eigenvalue weighted by atomic mass is 16.5. The van der Waals surface area contributed by atoms with Crippen LogP contribution < -0.4 is 5.32 Å². The summed E-state index contributed by atoms with van der Waals surface area (Å²) in [5, 5.41) is 3.71. The first-order chi connectivity index (χ1) is 10.0. The van der Waals surface area contributed by atoms with Crippen molar-refractivity contribution in [2.45, 2.75) is 59.4 Å². The van der Waals surface area contributed by atoms with Gasteiger partial charge in [-0.1, -0.05) is 27.7 Å². The fourth-order valence-electron chi connectivity index (χ4n) is 3.54. The van der Waals surface area contributed by atoms with Gasteiger partial charge in [-0.3, -0.25) is 4.90 Å². The standard InChI is InChI=1S/C18H36N2O/c1-15(2)10-19-12-18(8-5-9-21-14-18)13-20(11-16(3)4)17-6-7-17/h15-17,19H,5-14H2,1-4H3. The number of ether oxygens (including phenoxy) is 1. The molecule has 21 heavy (non-hydrogen) atoms. The molecular formula is C18H36N2O. The van der Waals surface area contributed by atoms with E-state index in [1.165, 1.54) is 38.8 Å². The SMILES string of the molecule is CC(C)CNCC1(CN(CC(C)C)C2CC2)CCCOC1. The lowest BCUT2D eigenvalue weighted by Gasteiger charge is -2.42. The van der Waals surface area contributed by atoms with Gasteiger partial charge in [0.05, 0.1) is 6.61 Å². The van der Waals surface area contributed by atoms with Crippen molar-refractivity contribution < 1.29 is 4.74 Å². The van der Waals surface area contributed by atoms with E-state index in [4.69, 9.17) is 4.74 Å². The topological polar surface area (TPSA) is 24.5 Å². The van der Waals surface area contributed by atoms with Gasteiger partial charge in [-0.05, 0) is 44.1 Å². The van der Waals surface area contributed by atoms with Crippen LogP contribution in [0.1, 0.15) is 53.4 Å². The highest BCUT2D eigenvalue weighted by Gasteiger charge is 2.39. The summed E-state index contributed by atoms with van der Waals surface area (Å²) in [5.74, 6) is 1.48. The number of hydrogen-bond donors (Lipinski definition) is 1. The van der Waals surface area contributed by atoms with Crippen LogP contribution in [-0.4, -0.2) is 50.3 Å². The van der Waals surface area contributed by atoms with Crippen LogP contribution in [0, 0.1) is 17.3 Å². The third-order valence-corrected chi connectivity index (χ3v) is 4.66. The van der Waals surface area contributed by atoms with Crippen LogP contribution in [0.15, 0.2) is 0 Å². The Bertz CT molecular complexity index is 294. The van der Waals surface area contributed by atoms with Gasteiger partial charge in [-0.15, -0.1) is 0 Å². The zero-order chi connectivity index (χ0) is 15.3. The second-order valence-corrected chi connectivity index (χ2v) is 8.24. The van der Waals surface area contributed by atoms with Gasteiger partial charge in [0.2, 0.25) is 0 Å². The fraction of sp³-hybridized carbons (Fsp3) is 1.00. The molecule has 1 saturated carbocycles. The molecule has 1 aliphatic carbocycles. The Balaban J connectivity index is 1.93. The fourth-order valence-corrected chi connectivity index (χ4v) is 3.54. The first kappa shape index (κ1) is 17.2. The highest BCUT2D eigenvalue weighted by molar-refractivity contribution is 4.93. The lowest BCUT2D eigenvalue weighted by atomic mass is 9.81. The Morgan fingerprint density at radius 3 is 2.48 bits per heavy atom. The molecule has 2 aliphatic rings. The molecule has 0 aromatic heterocycles. The number of hydrogen-bond acceptors (Lipinski definition) is 3. The van der Waals surface area contributed by atoms with Crippen LogP contribution in [0.25, 0.3) is 0 Å². The monoisotopic (exact) mass is 296 g/mol.